The van der Waals surface area contributed by atoms with Gasteiger partial charge < -0.3 is 14.8 Å². The van der Waals surface area contributed by atoms with Crippen LogP contribution in [0.1, 0.15) is 39.2 Å². The molecule has 1 aliphatic rings. The van der Waals surface area contributed by atoms with E-state index in [0.29, 0.717) is 24.9 Å². The molecule has 7 nitrogen and oxygen atoms in total. The summed E-state index contributed by atoms with van der Waals surface area (Å²) in [5.41, 5.74) is -0.372. The number of nitrogens with one attached hydrogen (secondary N) is 1. The maximum absolute atomic E-state index is 12.5. The number of likely N-dealkylation sites (tertiary alicyclic amines) is 1. The zero-order chi connectivity index (χ0) is 20.9. The lowest BCUT2D eigenvalue weighted by atomic mass is 10.2. The van der Waals surface area contributed by atoms with Gasteiger partial charge in [0.05, 0.1) is 0 Å². The fraction of sp³-hybridized carbons (Fsp3) is 0.611. The highest BCUT2D eigenvalue weighted by Crippen LogP contribution is 2.22. The second kappa shape index (κ2) is 8.66. The van der Waals surface area contributed by atoms with Crippen LogP contribution in [0.3, 0.4) is 0 Å². The predicted octanol–water partition coefficient (Wildman–Crippen LogP) is 3.04. The Morgan fingerprint density at radius 2 is 2.04 bits per heavy atom. The van der Waals surface area contributed by atoms with Gasteiger partial charge in [0.2, 0.25) is 11.8 Å². The van der Waals surface area contributed by atoms with Gasteiger partial charge in [-0.05, 0) is 39.7 Å². The van der Waals surface area contributed by atoms with Gasteiger partial charge in [-0.15, -0.1) is 0 Å². The minimum atomic E-state index is -4.49. The van der Waals surface area contributed by atoms with Crippen molar-refractivity contribution in [1.29, 1.82) is 0 Å². The first kappa shape index (κ1) is 21.8. The summed E-state index contributed by atoms with van der Waals surface area (Å²) in [6, 6.07) is 2.36. The average molecular weight is 403 g/mol. The van der Waals surface area contributed by atoms with E-state index in [4.69, 9.17) is 9.47 Å². The summed E-state index contributed by atoms with van der Waals surface area (Å²) in [7, 11) is 0. The van der Waals surface area contributed by atoms with Crippen molar-refractivity contribution in [3.05, 3.63) is 23.9 Å². The van der Waals surface area contributed by atoms with Crippen LogP contribution in [0.15, 0.2) is 18.3 Å². The topological polar surface area (TPSA) is 80.8 Å². The molecule has 1 unspecified atom stereocenters. The molecule has 1 aliphatic heterocycles. The molecular weight excluding hydrogens is 379 g/mol. The van der Waals surface area contributed by atoms with Crippen LogP contribution in [-0.4, -0.2) is 52.9 Å². The molecule has 1 aromatic heterocycles. The largest absolute Gasteiger partial charge is 0.468 e. The van der Waals surface area contributed by atoms with Gasteiger partial charge in [0, 0.05) is 24.8 Å². The fourth-order valence-electron chi connectivity index (χ4n) is 2.72. The monoisotopic (exact) mass is 403 g/mol. The van der Waals surface area contributed by atoms with Crippen molar-refractivity contribution in [1.82, 2.24) is 15.2 Å². The third-order valence-corrected chi connectivity index (χ3v) is 3.86. The highest BCUT2D eigenvalue weighted by molar-refractivity contribution is 5.86. The summed E-state index contributed by atoms with van der Waals surface area (Å²) in [4.78, 5) is 29.9. The molecule has 1 N–H and O–H groups in total. The van der Waals surface area contributed by atoms with E-state index in [1.165, 1.54) is 23.2 Å². The normalized spacial score (nSPS) is 17.4. The number of rotatable bonds is 5. The Morgan fingerprint density at radius 3 is 2.68 bits per heavy atom. The van der Waals surface area contributed by atoms with Crippen LogP contribution in [0.25, 0.3) is 0 Å². The lowest BCUT2D eigenvalue weighted by Gasteiger charge is -2.28. The summed E-state index contributed by atoms with van der Waals surface area (Å²) in [6.45, 7) is 4.07. The molecule has 2 rings (SSSR count). The molecule has 0 aromatic carbocycles. The van der Waals surface area contributed by atoms with Gasteiger partial charge in [0.15, 0.2) is 6.61 Å². The fourth-order valence-corrected chi connectivity index (χ4v) is 2.72. The molecule has 1 saturated heterocycles. The summed E-state index contributed by atoms with van der Waals surface area (Å²) in [5.74, 6) is -0.607. The van der Waals surface area contributed by atoms with Gasteiger partial charge in [-0.2, -0.15) is 13.2 Å². The predicted molar refractivity (Wildman–Crippen MR) is 93.6 cm³/mol. The molecule has 2 amide bonds. The number of amides is 2. The molecule has 0 saturated carbocycles. The van der Waals surface area contributed by atoms with E-state index >= 15 is 0 Å². The number of carbonyl (C=O) groups excluding carboxylic acids is 2. The smallest absolute Gasteiger partial charge is 0.422 e. The number of aromatic nitrogens is 1. The number of ether oxygens (including phenoxy) is 2. The minimum absolute atomic E-state index is 0.0709. The van der Waals surface area contributed by atoms with Gasteiger partial charge in [0.1, 0.15) is 11.6 Å². The van der Waals surface area contributed by atoms with Crippen molar-refractivity contribution in [2.45, 2.75) is 58.0 Å². The Bertz CT molecular complexity index is 704. The zero-order valence-electron chi connectivity index (χ0n) is 16.0. The van der Waals surface area contributed by atoms with Crippen LogP contribution in [0, 0.1) is 0 Å². The lowest BCUT2D eigenvalue weighted by Crippen LogP contribution is -2.47. The van der Waals surface area contributed by atoms with Crippen LogP contribution < -0.4 is 10.1 Å². The number of hydrogen-bond acceptors (Lipinski definition) is 5. The number of carbonyl (C=O) groups is 2. The number of pyridine rings is 1. The van der Waals surface area contributed by atoms with E-state index in [0.717, 1.165) is 0 Å². The number of nitrogens with zero attached hydrogens (tertiary/aromatic N) is 2. The summed E-state index contributed by atoms with van der Waals surface area (Å²) in [5, 5.41) is 2.64. The van der Waals surface area contributed by atoms with Gasteiger partial charge in [-0.1, -0.05) is 6.07 Å². The molecule has 0 aliphatic carbocycles. The van der Waals surface area contributed by atoms with Crippen molar-refractivity contribution in [3.63, 3.8) is 0 Å². The van der Waals surface area contributed by atoms with E-state index in [-0.39, 0.29) is 12.4 Å². The van der Waals surface area contributed by atoms with Crippen molar-refractivity contribution in [2.24, 2.45) is 0 Å². The average Bonchev–Trinajstić information content (AvgIpc) is 3.06. The molecule has 2 heterocycles. The zero-order valence-corrected chi connectivity index (χ0v) is 16.0. The number of alkyl halides is 3. The van der Waals surface area contributed by atoms with Crippen LogP contribution in [0.2, 0.25) is 0 Å². The van der Waals surface area contributed by atoms with E-state index in [2.05, 4.69) is 10.3 Å². The number of hydrogen-bond donors (Lipinski definition) is 1. The Labute approximate surface area is 161 Å². The van der Waals surface area contributed by atoms with Gasteiger partial charge in [0.25, 0.3) is 0 Å². The summed E-state index contributed by atoms with van der Waals surface area (Å²) in [6.07, 6.45) is -2.62. The van der Waals surface area contributed by atoms with Crippen molar-refractivity contribution < 1.29 is 32.2 Å². The summed E-state index contributed by atoms with van der Waals surface area (Å²) >= 11 is 0. The first-order valence-electron chi connectivity index (χ1n) is 8.87. The quantitative estimate of drug-likeness (QED) is 0.817. The first-order chi connectivity index (χ1) is 13.0. The molecule has 0 bridgehead atoms. The van der Waals surface area contributed by atoms with Gasteiger partial charge in [-0.25, -0.2) is 9.78 Å². The molecule has 0 spiro atoms. The highest BCUT2D eigenvalue weighted by atomic mass is 19.4. The second-order valence-corrected chi connectivity index (χ2v) is 7.42. The third-order valence-electron chi connectivity index (χ3n) is 3.86. The molecular formula is C18H24F3N3O4. The Hall–Kier alpha value is -2.52. The van der Waals surface area contributed by atoms with Crippen LogP contribution >= 0.6 is 0 Å². The van der Waals surface area contributed by atoms with E-state index < -0.39 is 36.4 Å². The molecule has 1 aromatic rings. The SMILES string of the molecule is CC(C)(C)OC(=O)N1CCCC1C(=O)NCc1cccnc1OCC(F)(F)F. The molecule has 10 heteroatoms. The molecule has 0 radical (unpaired) electrons. The highest BCUT2D eigenvalue weighted by Gasteiger charge is 2.36. The Balaban J connectivity index is 1.97. The standard InChI is InChI=1S/C18H24F3N3O4/c1-17(2,3)28-16(26)24-9-5-7-13(24)14(25)23-10-12-6-4-8-22-15(12)27-11-18(19,20)21/h4,6,8,13H,5,7,9-11H2,1-3H3,(H,23,25). The molecule has 28 heavy (non-hydrogen) atoms. The van der Waals surface area contributed by atoms with Gasteiger partial charge in [-0.3, -0.25) is 9.69 Å². The molecule has 156 valence electrons. The van der Waals surface area contributed by atoms with E-state index in [1.807, 2.05) is 0 Å². The molecule has 1 fully saturated rings. The lowest BCUT2D eigenvalue weighted by molar-refractivity contribution is -0.154. The third kappa shape index (κ3) is 6.58. The van der Waals surface area contributed by atoms with Crippen molar-refractivity contribution in [2.75, 3.05) is 13.2 Å². The van der Waals surface area contributed by atoms with Crippen LogP contribution in [0.5, 0.6) is 5.88 Å². The Kier molecular flexibility index (Phi) is 6.73. The maximum Gasteiger partial charge on any atom is 0.422 e. The maximum atomic E-state index is 12.5. The first-order valence-corrected chi connectivity index (χ1v) is 8.87. The second-order valence-electron chi connectivity index (χ2n) is 7.42. The van der Waals surface area contributed by atoms with Gasteiger partial charge >= 0.3 is 12.3 Å². The van der Waals surface area contributed by atoms with E-state index in [9.17, 15) is 22.8 Å². The van der Waals surface area contributed by atoms with Crippen molar-refractivity contribution in [3.8, 4) is 5.88 Å². The van der Waals surface area contributed by atoms with Crippen LogP contribution in [0.4, 0.5) is 18.0 Å². The summed E-state index contributed by atoms with van der Waals surface area (Å²) < 4.78 is 47.1. The van der Waals surface area contributed by atoms with Crippen LogP contribution in [-0.2, 0) is 16.1 Å². The van der Waals surface area contributed by atoms with Crippen molar-refractivity contribution >= 4 is 12.0 Å². The van der Waals surface area contributed by atoms with E-state index in [1.54, 1.807) is 20.8 Å². The Morgan fingerprint density at radius 1 is 1.32 bits per heavy atom. The minimum Gasteiger partial charge on any atom is -0.468 e. The molecule has 1 atom stereocenters. The number of halogens is 3.